The summed E-state index contributed by atoms with van der Waals surface area (Å²) in [5, 5.41) is 15.0. The van der Waals surface area contributed by atoms with Gasteiger partial charge in [0.2, 0.25) is 5.91 Å². The van der Waals surface area contributed by atoms with Crippen LogP contribution in [0.3, 0.4) is 0 Å². The lowest BCUT2D eigenvalue weighted by atomic mass is 9.66. The minimum absolute atomic E-state index is 0.0476. The van der Waals surface area contributed by atoms with Gasteiger partial charge in [0.25, 0.3) is 21.8 Å². The fourth-order valence-electron chi connectivity index (χ4n) is 5.36. The van der Waals surface area contributed by atoms with Crippen LogP contribution >= 0.6 is 11.6 Å². The zero-order valence-electron chi connectivity index (χ0n) is 24.8. The van der Waals surface area contributed by atoms with Crippen LogP contribution in [-0.4, -0.2) is 55.3 Å². The molecule has 1 aliphatic rings. The molecule has 3 aromatic carbocycles. The molecule has 234 valence electrons. The van der Waals surface area contributed by atoms with Crippen LogP contribution < -0.4 is 10.0 Å². The zero-order valence-corrected chi connectivity index (χ0v) is 26.4. The molecule has 0 unspecified atom stereocenters. The molecule has 0 bridgehead atoms. The fourth-order valence-corrected chi connectivity index (χ4v) is 6.46. The molecule has 1 fully saturated rings. The number of benzene rings is 3. The number of carbonyl (C=O) groups excluding carboxylic acids is 3. The number of carbonyl (C=O) groups is 3. The highest BCUT2D eigenvalue weighted by atomic mass is 35.5. The predicted molar refractivity (Wildman–Crippen MR) is 164 cm³/mol. The minimum atomic E-state index is -4.29. The van der Waals surface area contributed by atoms with Crippen molar-refractivity contribution in [1.29, 1.82) is 0 Å². The second-order valence-corrected chi connectivity index (χ2v) is 14.0. The largest absolute Gasteiger partial charge is 0.384 e. The molecule has 12 heteroatoms. The summed E-state index contributed by atoms with van der Waals surface area (Å²) in [7, 11) is -4.29. The Balaban J connectivity index is 1.47. The SMILES string of the molecule is CC(C)[C@@H](NC(=O)c1cccc(C(=O)NS(=O)(=O)c2ccc(F)cc2)c1)C(=O)N1CC[C@](O)(c2ccc(Cl)cc2)C(C)(C)C1. The predicted octanol–water partition coefficient (Wildman–Crippen LogP) is 4.50. The lowest BCUT2D eigenvalue weighted by Gasteiger charge is -2.51. The summed E-state index contributed by atoms with van der Waals surface area (Å²) in [6, 6.07) is 15.5. The van der Waals surface area contributed by atoms with Crippen LogP contribution in [0.1, 0.15) is 60.4 Å². The van der Waals surface area contributed by atoms with Crippen molar-refractivity contribution in [2.75, 3.05) is 13.1 Å². The van der Waals surface area contributed by atoms with E-state index >= 15 is 0 Å². The molecule has 1 aliphatic heterocycles. The van der Waals surface area contributed by atoms with Gasteiger partial charge in [0.15, 0.2) is 0 Å². The highest BCUT2D eigenvalue weighted by Crippen LogP contribution is 2.46. The summed E-state index contributed by atoms with van der Waals surface area (Å²) in [5.41, 5.74) is -1.27. The van der Waals surface area contributed by atoms with Crippen molar-refractivity contribution in [1.82, 2.24) is 14.9 Å². The Morgan fingerprint density at radius 2 is 1.55 bits per heavy atom. The number of hydrogen-bond donors (Lipinski definition) is 3. The van der Waals surface area contributed by atoms with Gasteiger partial charge in [0.05, 0.1) is 10.5 Å². The van der Waals surface area contributed by atoms with Crippen LogP contribution in [0.5, 0.6) is 0 Å². The third-order valence-corrected chi connectivity index (χ3v) is 9.64. The topological polar surface area (TPSA) is 133 Å². The first-order valence-corrected chi connectivity index (χ1v) is 15.9. The van der Waals surface area contributed by atoms with Crippen molar-refractivity contribution in [2.45, 2.75) is 50.7 Å². The van der Waals surface area contributed by atoms with E-state index in [4.69, 9.17) is 11.6 Å². The number of sulfonamides is 1. The summed E-state index contributed by atoms with van der Waals surface area (Å²) in [6.07, 6.45) is 0.282. The van der Waals surface area contributed by atoms with Crippen molar-refractivity contribution in [3.05, 3.63) is 100 Å². The third-order valence-electron chi connectivity index (χ3n) is 8.04. The van der Waals surface area contributed by atoms with Crippen LogP contribution in [0.25, 0.3) is 0 Å². The molecule has 3 amide bonds. The van der Waals surface area contributed by atoms with Gasteiger partial charge in [-0.05, 0) is 72.5 Å². The van der Waals surface area contributed by atoms with Gasteiger partial charge in [-0.1, -0.05) is 57.5 Å². The summed E-state index contributed by atoms with van der Waals surface area (Å²) < 4.78 is 40.3. The molecule has 0 saturated carbocycles. The van der Waals surface area contributed by atoms with Gasteiger partial charge in [-0.25, -0.2) is 17.5 Å². The first-order valence-electron chi connectivity index (χ1n) is 14.0. The number of halogens is 2. The van der Waals surface area contributed by atoms with Gasteiger partial charge < -0.3 is 15.3 Å². The van der Waals surface area contributed by atoms with Crippen LogP contribution in [0, 0.1) is 17.2 Å². The summed E-state index contributed by atoms with van der Waals surface area (Å²) in [4.78, 5) is 41.1. The molecule has 0 spiro atoms. The van der Waals surface area contributed by atoms with E-state index in [1.165, 1.54) is 24.3 Å². The van der Waals surface area contributed by atoms with Crippen LogP contribution in [0.2, 0.25) is 5.02 Å². The molecule has 0 aromatic heterocycles. The molecular formula is C32H35ClFN3O6S. The highest BCUT2D eigenvalue weighted by Gasteiger charge is 2.50. The average Bonchev–Trinajstić information content (AvgIpc) is 2.97. The van der Waals surface area contributed by atoms with Gasteiger partial charge in [0.1, 0.15) is 11.9 Å². The molecule has 4 rings (SSSR count). The van der Waals surface area contributed by atoms with Crippen molar-refractivity contribution in [3.8, 4) is 0 Å². The number of hydrogen-bond acceptors (Lipinski definition) is 6. The van der Waals surface area contributed by atoms with Gasteiger partial charge >= 0.3 is 0 Å². The maximum absolute atomic E-state index is 13.7. The van der Waals surface area contributed by atoms with E-state index in [1.807, 2.05) is 18.6 Å². The van der Waals surface area contributed by atoms with Crippen molar-refractivity contribution >= 4 is 39.3 Å². The maximum atomic E-state index is 13.7. The fraction of sp³-hybridized carbons (Fsp3) is 0.344. The Labute approximate surface area is 261 Å². The lowest BCUT2D eigenvalue weighted by molar-refractivity contribution is -0.155. The van der Waals surface area contributed by atoms with Gasteiger partial charge in [-0.3, -0.25) is 14.4 Å². The van der Waals surface area contributed by atoms with Crippen LogP contribution in [-0.2, 0) is 20.4 Å². The van der Waals surface area contributed by atoms with Crippen molar-refractivity contribution in [3.63, 3.8) is 0 Å². The van der Waals surface area contributed by atoms with E-state index in [9.17, 15) is 32.3 Å². The summed E-state index contributed by atoms with van der Waals surface area (Å²) in [5.74, 6) is -2.83. The normalized spacial score (nSPS) is 18.9. The van der Waals surface area contributed by atoms with E-state index in [2.05, 4.69) is 5.32 Å². The van der Waals surface area contributed by atoms with E-state index in [1.54, 1.807) is 43.0 Å². The molecule has 0 radical (unpaired) electrons. The number of amides is 3. The smallest absolute Gasteiger partial charge is 0.265 e. The summed E-state index contributed by atoms with van der Waals surface area (Å²) >= 11 is 6.04. The number of likely N-dealkylation sites (tertiary alicyclic amines) is 1. The number of nitrogens with zero attached hydrogens (tertiary/aromatic N) is 1. The van der Waals surface area contributed by atoms with E-state index in [0.29, 0.717) is 10.6 Å². The molecule has 9 nitrogen and oxygen atoms in total. The number of aliphatic hydroxyl groups is 1. The molecule has 2 atom stereocenters. The molecule has 1 heterocycles. The summed E-state index contributed by atoms with van der Waals surface area (Å²) in [6.45, 7) is 7.87. The Morgan fingerprint density at radius 3 is 2.11 bits per heavy atom. The Morgan fingerprint density at radius 1 is 0.955 bits per heavy atom. The van der Waals surface area contributed by atoms with Crippen LogP contribution in [0.4, 0.5) is 4.39 Å². The Bertz CT molecular complexity index is 1660. The minimum Gasteiger partial charge on any atom is -0.384 e. The molecule has 0 aliphatic carbocycles. The van der Waals surface area contributed by atoms with Gasteiger partial charge in [0, 0.05) is 34.7 Å². The quantitative estimate of drug-likeness (QED) is 0.331. The first kappa shape index (κ1) is 33.1. The van der Waals surface area contributed by atoms with E-state index in [-0.39, 0.29) is 47.4 Å². The highest BCUT2D eigenvalue weighted by molar-refractivity contribution is 7.90. The number of rotatable bonds is 8. The lowest BCUT2D eigenvalue weighted by Crippen LogP contribution is -2.60. The molecule has 3 N–H and O–H groups in total. The standard InChI is InChI=1S/C32H35ClFN3O6S/c1-20(2)27(30(40)37-17-16-32(41,31(3,4)19-37)23-8-10-24(33)11-9-23)35-28(38)21-6-5-7-22(18-21)29(39)36-44(42,43)26-14-12-25(34)13-15-26/h5-15,18,20,27,41H,16-17,19H2,1-4H3,(H,35,38)(H,36,39)/t27-,32+/m1/s1. The molecular weight excluding hydrogens is 609 g/mol. The van der Waals surface area contributed by atoms with E-state index < -0.39 is 44.7 Å². The number of nitrogens with one attached hydrogen (secondary N) is 2. The molecule has 44 heavy (non-hydrogen) atoms. The third kappa shape index (κ3) is 6.95. The Hall–Kier alpha value is -3.80. The van der Waals surface area contributed by atoms with Crippen molar-refractivity contribution < 1.29 is 32.3 Å². The maximum Gasteiger partial charge on any atom is 0.265 e. The average molecular weight is 644 g/mol. The van der Waals surface area contributed by atoms with Crippen molar-refractivity contribution in [2.24, 2.45) is 11.3 Å². The second-order valence-electron chi connectivity index (χ2n) is 11.9. The van der Waals surface area contributed by atoms with Gasteiger partial charge in [-0.2, -0.15) is 0 Å². The molecule has 1 saturated heterocycles. The second kappa shape index (κ2) is 12.7. The Kier molecular flexibility index (Phi) is 9.53. The number of piperidine rings is 1. The van der Waals surface area contributed by atoms with Gasteiger partial charge in [-0.15, -0.1) is 0 Å². The van der Waals surface area contributed by atoms with E-state index in [0.717, 1.165) is 24.3 Å². The molecule has 3 aromatic rings. The monoisotopic (exact) mass is 643 g/mol. The van der Waals surface area contributed by atoms with Crippen LogP contribution in [0.15, 0.2) is 77.7 Å². The first-order chi connectivity index (χ1) is 20.5. The zero-order chi connectivity index (χ0) is 32.4.